The van der Waals surface area contributed by atoms with E-state index in [0.29, 0.717) is 6.54 Å². The van der Waals surface area contributed by atoms with Gasteiger partial charge >= 0.3 is 0 Å². The molecule has 2 N–H and O–H groups in total. The molecule has 0 spiro atoms. The number of rotatable bonds is 4. The summed E-state index contributed by atoms with van der Waals surface area (Å²) in [5.74, 6) is -0.861. The van der Waals surface area contributed by atoms with Gasteiger partial charge in [-0.25, -0.2) is 13.8 Å². The van der Waals surface area contributed by atoms with E-state index in [1.807, 2.05) is 6.26 Å². The van der Waals surface area contributed by atoms with Crippen LogP contribution in [0, 0.1) is 11.6 Å². The van der Waals surface area contributed by atoms with Crippen molar-refractivity contribution in [3.63, 3.8) is 0 Å². The summed E-state index contributed by atoms with van der Waals surface area (Å²) in [6.45, 7) is 0.635. The Bertz CT molecular complexity index is 346. The first kappa shape index (κ1) is 12.0. The lowest BCUT2D eigenvalue weighted by Gasteiger charge is -2.18. The molecule has 1 aromatic rings. The Hall–Kier alpha value is -1.04. The molecule has 6 heteroatoms. The lowest BCUT2D eigenvalue weighted by molar-refractivity contribution is 0.575. The fraction of sp³-hybridized carbons (Fsp3) is 0.444. The normalized spacial score (nSPS) is 10.4. The number of halogens is 2. The van der Waals surface area contributed by atoms with Gasteiger partial charge in [0.25, 0.3) is 0 Å². The molecule has 0 saturated heterocycles. The number of thioether (sulfide) groups is 1. The number of nitrogens with two attached hydrogens (primary N) is 1. The molecular formula is C9H13F2N3S. The highest BCUT2D eigenvalue weighted by Gasteiger charge is 2.12. The molecule has 3 nitrogen and oxygen atoms in total. The van der Waals surface area contributed by atoms with E-state index in [0.717, 1.165) is 11.8 Å². The third-order valence-electron chi connectivity index (χ3n) is 1.93. The van der Waals surface area contributed by atoms with E-state index in [9.17, 15) is 8.78 Å². The molecule has 1 heterocycles. The summed E-state index contributed by atoms with van der Waals surface area (Å²) in [4.78, 5) is 5.28. The molecule has 0 aliphatic carbocycles. The summed E-state index contributed by atoms with van der Waals surface area (Å²) >= 11 is 1.64. The summed E-state index contributed by atoms with van der Waals surface area (Å²) in [5.41, 5.74) is 5.27. The number of hydrogen-bond acceptors (Lipinski definition) is 4. The zero-order valence-corrected chi connectivity index (χ0v) is 9.44. The van der Waals surface area contributed by atoms with E-state index in [4.69, 9.17) is 5.73 Å². The summed E-state index contributed by atoms with van der Waals surface area (Å²) in [7, 11) is 1.69. The van der Waals surface area contributed by atoms with Gasteiger partial charge in [0.2, 0.25) is 0 Å². The Balaban J connectivity index is 2.88. The van der Waals surface area contributed by atoms with Crippen molar-refractivity contribution < 1.29 is 8.78 Å². The summed E-state index contributed by atoms with van der Waals surface area (Å²) < 4.78 is 26.1. The van der Waals surface area contributed by atoms with Crippen molar-refractivity contribution in [2.45, 2.75) is 0 Å². The highest BCUT2D eigenvalue weighted by atomic mass is 32.2. The van der Waals surface area contributed by atoms with Gasteiger partial charge in [-0.15, -0.1) is 0 Å². The molecule has 15 heavy (non-hydrogen) atoms. The Morgan fingerprint density at radius 1 is 1.47 bits per heavy atom. The van der Waals surface area contributed by atoms with E-state index in [1.54, 1.807) is 23.7 Å². The molecule has 0 aromatic carbocycles. The van der Waals surface area contributed by atoms with Crippen molar-refractivity contribution >= 4 is 23.4 Å². The minimum Gasteiger partial charge on any atom is -0.381 e. The van der Waals surface area contributed by atoms with Gasteiger partial charge < -0.3 is 10.6 Å². The van der Waals surface area contributed by atoms with Gasteiger partial charge in [-0.05, 0) is 6.26 Å². The van der Waals surface area contributed by atoms with Crippen molar-refractivity contribution in [3.05, 3.63) is 17.7 Å². The van der Waals surface area contributed by atoms with Crippen molar-refractivity contribution in [1.29, 1.82) is 0 Å². The number of pyridine rings is 1. The molecule has 0 fully saturated rings. The summed E-state index contributed by atoms with van der Waals surface area (Å²) in [6, 6.07) is 0.757. The Morgan fingerprint density at radius 3 is 2.73 bits per heavy atom. The molecule has 0 aliphatic rings. The van der Waals surface area contributed by atoms with E-state index >= 15 is 0 Å². The third-order valence-corrected chi connectivity index (χ3v) is 2.52. The molecule has 84 valence electrons. The summed E-state index contributed by atoms with van der Waals surface area (Å²) in [5, 5.41) is 0. The fourth-order valence-electron chi connectivity index (χ4n) is 1.07. The molecular weight excluding hydrogens is 220 g/mol. The first-order valence-electron chi connectivity index (χ1n) is 4.38. The van der Waals surface area contributed by atoms with Crippen molar-refractivity contribution in [2.75, 3.05) is 36.2 Å². The standard InChI is InChI=1S/C9H13F2N3S/c1-14(3-4-15-2)9-7(11)5-6(10)8(12)13-9/h5H,3-4H2,1-2H3,(H2,12,13). The largest absolute Gasteiger partial charge is 0.381 e. The van der Waals surface area contributed by atoms with Gasteiger partial charge in [-0.1, -0.05) is 0 Å². The Labute approximate surface area is 91.7 Å². The monoisotopic (exact) mass is 233 g/mol. The molecule has 1 aromatic heterocycles. The maximum absolute atomic E-state index is 13.3. The van der Waals surface area contributed by atoms with Gasteiger partial charge in [0.15, 0.2) is 23.3 Å². The Morgan fingerprint density at radius 2 is 2.13 bits per heavy atom. The van der Waals surface area contributed by atoms with Crippen LogP contribution in [-0.2, 0) is 0 Å². The molecule has 0 unspecified atom stereocenters. The van der Waals surface area contributed by atoms with Gasteiger partial charge in [0, 0.05) is 25.4 Å². The molecule has 0 amide bonds. The quantitative estimate of drug-likeness (QED) is 0.860. The highest BCUT2D eigenvalue weighted by Crippen LogP contribution is 2.19. The first-order valence-corrected chi connectivity index (χ1v) is 5.77. The fourth-order valence-corrected chi connectivity index (χ4v) is 1.53. The van der Waals surface area contributed by atoms with Gasteiger partial charge in [-0.3, -0.25) is 0 Å². The number of anilines is 2. The van der Waals surface area contributed by atoms with E-state index in [1.165, 1.54) is 0 Å². The second kappa shape index (κ2) is 5.16. The minimum atomic E-state index is -0.825. The number of nitrogen functional groups attached to an aromatic ring is 1. The predicted octanol–water partition coefficient (Wildman–Crippen LogP) is 1.74. The lowest BCUT2D eigenvalue weighted by Crippen LogP contribution is -2.23. The number of nitrogens with zero attached hydrogens (tertiary/aromatic N) is 2. The zero-order chi connectivity index (χ0) is 11.4. The van der Waals surface area contributed by atoms with Gasteiger partial charge in [0.05, 0.1) is 0 Å². The maximum Gasteiger partial charge on any atom is 0.168 e. The van der Waals surface area contributed by atoms with E-state index in [-0.39, 0.29) is 11.6 Å². The van der Waals surface area contributed by atoms with Gasteiger partial charge in [0.1, 0.15) is 0 Å². The number of aromatic nitrogens is 1. The van der Waals surface area contributed by atoms with E-state index in [2.05, 4.69) is 4.98 Å². The highest BCUT2D eigenvalue weighted by molar-refractivity contribution is 7.98. The van der Waals surface area contributed by atoms with Crippen LogP contribution in [0.15, 0.2) is 6.07 Å². The molecule has 0 bridgehead atoms. The second-order valence-electron chi connectivity index (χ2n) is 3.08. The molecule has 0 saturated carbocycles. The van der Waals surface area contributed by atoms with Crippen molar-refractivity contribution in [3.8, 4) is 0 Å². The smallest absolute Gasteiger partial charge is 0.168 e. The second-order valence-corrected chi connectivity index (χ2v) is 4.06. The molecule has 0 radical (unpaired) electrons. The third kappa shape index (κ3) is 2.95. The minimum absolute atomic E-state index is 0.0861. The maximum atomic E-state index is 13.3. The van der Waals surface area contributed by atoms with Crippen molar-refractivity contribution in [1.82, 2.24) is 4.98 Å². The van der Waals surface area contributed by atoms with Crippen LogP contribution in [0.1, 0.15) is 0 Å². The Kier molecular flexibility index (Phi) is 4.14. The lowest BCUT2D eigenvalue weighted by atomic mass is 10.4. The van der Waals surface area contributed by atoms with Crippen LogP contribution in [0.4, 0.5) is 20.4 Å². The topological polar surface area (TPSA) is 42.2 Å². The summed E-state index contributed by atoms with van der Waals surface area (Å²) in [6.07, 6.45) is 1.96. The van der Waals surface area contributed by atoms with Crippen LogP contribution < -0.4 is 10.6 Å². The predicted molar refractivity (Wildman–Crippen MR) is 60.2 cm³/mol. The first-order chi connectivity index (χ1) is 7.06. The van der Waals surface area contributed by atoms with Crippen LogP contribution in [-0.4, -0.2) is 30.6 Å². The molecule has 1 rings (SSSR count). The number of hydrogen-bond donors (Lipinski definition) is 1. The van der Waals surface area contributed by atoms with Crippen LogP contribution in [0.3, 0.4) is 0 Å². The molecule has 0 aliphatic heterocycles. The average molecular weight is 233 g/mol. The van der Waals surface area contributed by atoms with Crippen LogP contribution in [0.2, 0.25) is 0 Å². The van der Waals surface area contributed by atoms with Crippen LogP contribution >= 0.6 is 11.8 Å². The molecule has 0 atom stereocenters. The van der Waals surface area contributed by atoms with Gasteiger partial charge in [-0.2, -0.15) is 11.8 Å². The average Bonchev–Trinajstić information content (AvgIpc) is 2.20. The SMILES string of the molecule is CSCCN(C)c1nc(N)c(F)cc1F. The van der Waals surface area contributed by atoms with Crippen LogP contribution in [0.25, 0.3) is 0 Å². The van der Waals surface area contributed by atoms with E-state index < -0.39 is 11.6 Å². The van der Waals surface area contributed by atoms with Crippen LogP contribution in [0.5, 0.6) is 0 Å². The zero-order valence-electron chi connectivity index (χ0n) is 8.63. The van der Waals surface area contributed by atoms with Crippen molar-refractivity contribution in [2.24, 2.45) is 0 Å².